The van der Waals surface area contributed by atoms with E-state index >= 15 is 0 Å². The number of aliphatic hydroxyl groups excluding tert-OH is 1. The molecule has 35 heavy (non-hydrogen) atoms. The number of carbonyl (C=O) groups is 2. The van der Waals surface area contributed by atoms with Gasteiger partial charge in [0.2, 0.25) is 0 Å². The Balaban J connectivity index is 0.00000612. The number of phenols is 1. The van der Waals surface area contributed by atoms with E-state index < -0.39 is 17.5 Å². The molecule has 1 atom stereocenters. The van der Waals surface area contributed by atoms with Crippen molar-refractivity contribution >= 4 is 57.2 Å². The normalized spacial score (nSPS) is 11.9. The van der Waals surface area contributed by atoms with Gasteiger partial charge in [-0.1, -0.05) is 33.3 Å². The predicted molar refractivity (Wildman–Crippen MR) is 140 cm³/mol. The van der Waals surface area contributed by atoms with Gasteiger partial charge in [0.05, 0.1) is 35.8 Å². The van der Waals surface area contributed by atoms with Gasteiger partial charge in [-0.3, -0.25) is 9.59 Å². The first-order valence-corrected chi connectivity index (χ1v) is 12.1. The van der Waals surface area contributed by atoms with Gasteiger partial charge in [0.15, 0.2) is 5.78 Å². The minimum atomic E-state index is -0.961. The fraction of sp³-hybridized carbons (Fsp3) is 0.462. The average molecular weight is 561 g/mol. The molecule has 2 aromatic rings. The molecule has 9 heteroatoms. The molecule has 0 spiro atoms. The van der Waals surface area contributed by atoms with E-state index in [1.807, 2.05) is 6.92 Å². The second-order valence-corrected chi connectivity index (χ2v) is 9.80. The molecule has 7 nitrogen and oxygen atoms in total. The molecule has 0 aromatic heterocycles. The summed E-state index contributed by atoms with van der Waals surface area (Å²) in [5.74, 6) is -0.00252. The molecule has 0 radical (unpaired) electrons. The molecule has 2 aromatic carbocycles. The molecule has 188 valence electrons. The molecule has 0 aliphatic heterocycles. The van der Waals surface area contributed by atoms with Crippen LogP contribution in [0.2, 0.25) is 0 Å². The standard InChI is InChI=1S/C26H33BrO7.Na.H/c1-5-7-19-21(11-9-18(16(2)28)24(19)31)33-12-6-13-34-22-10-8-17(14-20(22)27)25(32)26(3,4)15-23(29)30;;/h8-11,14,25,31-32H,5-7,12-13,15H2,1-4H3,(H,29,30);;. The number of aliphatic hydroxyl groups is 1. The molecule has 0 bridgehead atoms. The summed E-state index contributed by atoms with van der Waals surface area (Å²) in [6.07, 6.45) is 0.904. The van der Waals surface area contributed by atoms with E-state index in [0.29, 0.717) is 58.7 Å². The summed E-state index contributed by atoms with van der Waals surface area (Å²) >= 11 is 3.45. The van der Waals surface area contributed by atoms with Crippen LogP contribution >= 0.6 is 15.9 Å². The number of ether oxygens (including phenoxy) is 2. The number of aliphatic carboxylic acids is 1. The van der Waals surface area contributed by atoms with Gasteiger partial charge in [-0.05, 0) is 59.1 Å². The molecule has 0 saturated carbocycles. The zero-order valence-corrected chi connectivity index (χ0v) is 21.6. The van der Waals surface area contributed by atoms with Crippen LogP contribution in [-0.2, 0) is 11.2 Å². The fourth-order valence-corrected chi connectivity index (χ4v) is 4.20. The van der Waals surface area contributed by atoms with Crippen molar-refractivity contribution in [2.75, 3.05) is 13.2 Å². The van der Waals surface area contributed by atoms with Crippen molar-refractivity contribution in [3.05, 3.63) is 51.5 Å². The summed E-state index contributed by atoms with van der Waals surface area (Å²) in [7, 11) is 0. The third-order valence-electron chi connectivity index (χ3n) is 5.54. The van der Waals surface area contributed by atoms with E-state index in [1.54, 1.807) is 44.2 Å². The van der Waals surface area contributed by atoms with Crippen LogP contribution in [0, 0.1) is 5.41 Å². The number of carbonyl (C=O) groups excluding carboxylic acids is 1. The van der Waals surface area contributed by atoms with Gasteiger partial charge < -0.3 is 24.8 Å². The van der Waals surface area contributed by atoms with Crippen molar-refractivity contribution in [3.63, 3.8) is 0 Å². The zero-order chi connectivity index (χ0) is 25.5. The van der Waals surface area contributed by atoms with Crippen LogP contribution < -0.4 is 9.47 Å². The molecule has 0 aliphatic rings. The Morgan fingerprint density at radius 1 is 1.09 bits per heavy atom. The quantitative estimate of drug-likeness (QED) is 0.178. The summed E-state index contributed by atoms with van der Waals surface area (Å²) in [4.78, 5) is 22.8. The molecule has 0 aliphatic carbocycles. The number of hydrogen-bond acceptors (Lipinski definition) is 6. The van der Waals surface area contributed by atoms with Crippen molar-refractivity contribution < 1.29 is 34.4 Å². The van der Waals surface area contributed by atoms with Crippen molar-refractivity contribution in [2.24, 2.45) is 5.41 Å². The number of benzene rings is 2. The van der Waals surface area contributed by atoms with Crippen LogP contribution in [0.1, 0.15) is 74.5 Å². The van der Waals surface area contributed by atoms with Gasteiger partial charge in [-0.15, -0.1) is 0 Å². The van der Waals surface area contributed by atoms with Gasteiger partial charge in [0.1, 0.15) is 17.2 Å². The van der Waals surface area contributed by atoms with Crippen molar-refractivity contribution in [1.82, 2.24) is 0 Å². The van der Waals surface area contributed by atoms with E-state index in [-0.39, 0.29) is 47.5 Å². The molecule has 0 heterocycles. The number of carboxylic acid groups (broad SMARTS) is 1. The van der Waals surface area contributed by atoms with E-state index in [0.717, 1.165) is 6.42 Å². The van der Waals surface area contributed by atoms with E-state index in [4.69, 9.17) is 14.6 Å². The van der Waals surface area contributed by atoms with Gasteiger partial charge in [0.25, 0.3) is 0 Å². The molecule has 3 N–H and O–H groups in total. The third-order valence-corrected chi connectivity index (χ3v) is 6.16. The van der Waals surface area contributed by atoms with E-state index in [9.17, 15) is 19.8 Å². The van der Waals surface area contributed by atoms with Crippen LogP contribution in [0.5, 0.6) is 17.2 Å². The molecule has 0 saturated heterocycles. The summed E-state index contributed by atoms with van der Waals surface area (Å²) in [5.41, 5.74) is 0.715. The molecule has 1 unspecified atom stereocenters. The average Bonchev–Trinajstić information content (AvgIpc) is 2.75. The van der Waals surface area contributed by atoms with Crippen molar-refractivity contribution in [1.29, 1.82) is 0 Å². The zero-order valence-electron chi connectivity index (χ0n) is 20.1. The number of phenolic OH excluding ortho intramolecular Hbond substituents is 1. The van der Waals surface area contributed by atoms with Crippen molar-refractivity contribution in [2.45, 2.75) is 59.5 Å². The first kappa shape index (κ1) is 31.4. The van der Waals surface area contributed by atoms with Crippen LogP contribution in [-0.4, -0.2) is 69.8 Å². The van der Waals surface area contributed by atoms with Crippen LogP contribution in [0.4, 0.5) is 0 Å². The Morgan fingerprint density at radius 3 is 2.23 bits per heavy atom. The van der Waals surface area contributed by atoms with Gasteiger partial charge in [0, 0.05) is 17.4 Å². The Morgan fingerprint density at radius 2 is 1.69 bits per heavy atom. The predicted octanol–water partition coefficient (Wildman–Crippen LogP) is 5.04. The Bertz CT molecular complexity index is 1020. The van der Waals surface area contributed by atoms with Gasteiger partial charge >= 0.3 is 35.5 Å². The molecular formula is C26H34BrNaO7. The second kappa shape index (κ2) is 14.2. The SMILES string of the molecule is CCCc1c(OCCCOc2ccc(C(O)C(C)(C)CC(=O)O)cc2Br)ccc(C(C)=O)c1O.[NaH]. The Kier molecular flexibility index (Phi) is 12.8. The molecule has 0 fully saturated rings. The van der Waals surface area contributed by atoms with Crippen LogP contribution in [0.25, 0.3) is 0 Å². The van der Waals surface area contributed by atoms with Crippen LogP contribution in [0.3, 0.4) is 0 Å². The fourth-order valence-electron chi connectivity index (χ4n) is 3.69. The van der Waals surface area contributed by atoms with Gasteiger partial charge in [-0.2, -0.15) is 0 Å². The molecule has 0 amide bonds. The maximum absolute atomic E-state index is 11.7. The monoisotopic (exact) mass is 560 g/mol. The number of hydrogen-bond donors (Lipinski definition) is 3. The number of rotatable bonds is 13. The number of Topliss-reactive ketones (excluding diaryl/α,β-unsaturated/α-hetero) is 1. The first-order valence-electron chi connectivity index (χ1n) is 11.3. The Hall–Kier alpha value is -1.58. The summed E-state index contributed by atoms with van der Waals surface area (Å²) in [6, 6.07) is 8.48. The second-order valence-electron chi connectivity index (χ2n) is 8.95. The minimum absolute atomic E-state index is 0. The molecule has 2 rings (SSSR count). The van der Waals surface area contributed by atoms with Gasteiger partial charge in [-0.25, -0.2) is 0 Å². The summed E-state index contributed by atoms with van der Waals surface area (Å²) in [6.45, 7) is 7.59. The summed E-state index contributed by atoms with van der Waals surface area (Å²) in [5, 5.41) is 30.1. The molecular weight excluding hydrogens is 527 g/mol. The van der Waals surface area contributed by atoms with Crippen molar-refractivity contribution in [3.8, 4) is 17.2 Å². The van der Waals surface area contributed by atoms with Crippen LogP contribution in [0.15, 0.2) is 34.8 Å². The summed E-state index contributed by atoms with van der Waals surface area (Å²) < 4.78 is 12.3. The van der Waals surface area contributed by atoms with E-state index in [2.05, 4.69) is 15.9 Å². The Labute approximate surface area is 237 Å². The third kappa shape index (κ3) is 8.79. The number of ketones is 1. The maximum atomic E-state index is 11.7. The van der Waals surface area contributed by atoms with E-state index in [1.165, 1.54) is 6.92 Å². The number of halogens is 1. The number of aromatic hydroxyl groups is 1. The first-order chi connectivity index (χ1) is 16.0. The number of carboxylic acids is 1. The topological polar surface area (TPSA) is 113 Å².